The average molecular weight is 531 g/mol. The van der Waals surface area contributed by atoms with Gasteiger partial charge in [-0.25, -0.2) is 4.79 Å². The SMILES string of the molecule is C=CCc1cc(/C=C(\C#N)C(=O)Nc2ccc(C(=O)OC)cc2)cc(OCC)c1OCc1ccc(Cl)cc1. The predicted octanol–water partition coefficient (Wildman–Crippen LogP) is 6.38. The average Bonchev–Trinajstić information content (AvgIpc) is 2.92. The number of allylic oxidation sites excluding steroid dienone is 1. The molecule has 0 fully saturated rings. The molecule has 0 aliphatic heterocycles. The van der Waals surface area contributed by atoms with Crippen molar-refractivity contribution in [2.24, 2.45) is 0 Å². The van der Waals surface area contributed by atoms with Gasteiger partial charge in [-0.1, -0.05) is 29.8 Å². The number of anilines is 1. The maximum absolute atomic E-state index is 12.8. The van der Waals surface area contributed by atoms with Gasteiger partial charge in [0.1, 0.15) is 18.2 Å². The van der Waals surface area contributed by atoms with Crippen LogP contribution in [0, 0.1) is 11.3 Å². The van der Waals surface area contributed by atoms with Gasteiger partial charge in [0.05, 0.1) is 19.3 Å². The van der Waals surface area contributed by atoms with Gasteiger partial charge in [-0.2, -0.15) is 5.26 Å². The summed E-state index contributed by atoms with van der Waals surface area (Å²) in [4.78, 5) is 24.4. The largest absolute Gasteiger partial charge is 0.490 e. The molecule has 3 aromatic carbocycles. The maximum atomic E-state index is 12.8. The van der Waals surface area contributed by atoms with Crippen molar-refractivity contribution in [3.63, 3.8) is 0 Å². The zero-order chi connectivity index (χ0) is 27.5. The molecule has 7 nitrogen and oxygen atoms in total. The van der Waals surface area contributed by atoms with Crippen LogP contribution in [0.2, 0.25) is 5.02 Å². The molecule has 3 rings (SSSR count). The van der Waals surface area contributed by atoms with Crippen molar-refractivity contribution in [3.8, 4) is 17.6 Å². The third kappa shape index (κ3) is 7.48. The van der Waals surface area contributed by atoms with Crippen LogP contribution in [0.1, 0.15) is 34.0 Å². The van der Waals surface area contributed by atoms with Crippen molar-refractivity contribution in [2.45, 2.75) is 20.0 Å². The van der Waals surface area contributed by atoms with Crippen LogP contribution in [0.3, 0.4) is 0 Å². The van der Waals surface area contributed by atoms with Crippen LogP contribution < -0.4 is 14.8 Å². The number of amides is 1. The van der Waals surface area contributed by atoms with Gasteiger partial charge in [0.15, 0.2) is 11.5 Å². The number of halogens is 1. The molecule has 0 saturated heterocycles. The molecule has 0 aliphatic rings. The van der Waals surface area contributed by atoms with Gasteiger partial charge in [-0.3, -0.25) is 4.79 Å². The van der Waals surface area contributed by atoms with E-state index in [1.165, 1.54) is 25.3 Å². The highest BCUT2D eigenvalue weighted by Crippen LogP contribution is 2.35. The first-order valence-electron chi connectivity index (χ1n) is 11.8. The van der Waals surface area contributed by atoms with Crippen molar-refractivity contribution < 1.29 is 23.8 Å². The van der Waals surface area contributed by atoms with E-state index in [9.17, 15) is 14.9 Å². The maximum Gasteiger partial charge on any atom is 0.337 e. The lowest BCUT2D eigenvalue weighted by atomic mass is 10.0. The van der Waals surface area contributed by atoms with Gasteiger partial charge in [0, 0.05) is 16.3 Å². The minimum Gasteiger partial charge on any atom is -0.490 e. The molecule has 0 heterocycles. The van der Waals surface area contributed by atoms with Gasteiger partial charge in [0.25, 0.3) is 5.91 Å². The van der Waals surface area contributed by atoms with Gasteiger partial charge in [-0.15, -0.1) is 6.58 Å². The topological polar surface area (TPSA) is 97.7 Å². The standard InChI is InChI=1S/C30H27ClN2O5/c1-4-6-23-15-21(17-27(37-5-2)28(23)38-19-20-7-11-25(31)12-8-20)16-24(18-32)29(34)33-26-13-9-22(10-14-26)30(35)36-3/h4,7-17H,1,5-6,19H2,2-3H3,(H,33,34)/b24-16+. The molecular formula is C30H27ClN2O5. The molecule has 1 N–H and O–H groups in total. The summed E-state index contributed by atoms with van der Waals surface area (Å²) in [6.07, 6.45) is 3.71. The summed E-state index contributed by atoms with van der Waals surface area (Å²) in [5.41, 5.74) is 2.99. The first kappa shape index (κ1) is 28.0. The Balaban J connectivity index is 1.88. The highest BCUT2D eigenvalue weighted by atomic mass is 35.5. The number of nitrogens with one attached hydrogen (secondary N) is 1. The van der Waals surface area contributed by atoms with E-state index in [4.69, 9.17) is 21.1 Å². The zero-order valence-electron chi connectivity index (χ0n) is 21.1. The lowest BCUT2D eigenvalue weighted by Gasteiger charge is -2.17. The highest BCUT2D eigenvalue weighted by molar-refractivity contribution is 6.30. The molecule has 1 amide bonds. The molecule has 0 unspecified atom stereocenters. The minimum atomic E-state index is -0.593. The lowest BCUT2D eigenvalue weighted by molar-refractivity contribution is -0.112. The smallest absolute Gasteiger partial charge is 0.337 e. The number of nitriles is 1. The molecule has 0 saturated carbocycles. The van der Waals surface area contributed by atoms with E-state index in [1.807, 2.05) is 31.2 Å². The quantitative estimate of drug-likeness (QED) is 0.134. The number of rotatable bonds is 11. The van der Waals surface area contributed by atoms with Crippen molar-refractivity contribution in [1.82, 2.24) is 0 Å². The van der Waals surface area contributed by atoms with Crippen LogP contribution in [-0.4, -0.2) is 25.6 Å². The Bertz CT molecular complexity index is 1370. The number of carbonyl (C=O) groups excluding carboxylic acids is 2. The second kappa shape index (κ2) is 13.7. The number of hydrogen-bond donors (Lipinski definition) is 1. The fraction of sp³-hybridized carbons (Fsp3) is 0.167. The number of esters is 1. The van der Waals surface area contributed by atoms with Crippen LogP contribution in [0.5, 0.6) is 11.5 Å². The fourth-order valence-electron chi connectivity index (χ4n) is 3.56. The third-order valence-electron chi connectivity index (χ3n) is 5.35. The molecule has 38 heavy (non-hydrogen) atoms. The normalized spacial score (nSPS) is 10.7. The van der Waals surface area contributed by atoms with Crippen molar-refractivity contribution >= 4 is 35.2 Å². The van der Waals surface area contributed by atoms with Crippen LogP contribution in [-0.2, 0) is 22.6 Å². The number of carbonyl (C=O) groups is 2. The Morgan fingerprint density at radius 3 is 2.39 bits per heavy atom. The second-order valence-electron chi connectivity index (χ2n) is 8.04. The summed E-state index contributed by atoms with van der Waals surface area (Å²) in [5, 5.41) is 13.0. The van der Waals surface area contributed by atoms with Crippen LogP contribution >= 0.6 is 11.6 Å². The van der Waals surface area contributed by atoms with E-state index in [-0.39, 0.29) is 5.57 Å². The Hall–Kier alpha value is -4.54. The monoisotopic (exact) mass is 530 g/mol. The molecule has 0 atom stereocenters. The van der Waals surface area contributed by atoms with E-state index in [1.54, 1.807) is 36.4 Å². The summed E-state index contributed by atoms with van der Waals surface area (Å²) in [5.74, 6) is -0.0261. The van der Waals surface area contributed by atoms with Gasteiger partial charge < -0.3 is 19.5 Å². The Kier molecular flexibility index (Phi) is 10.1. The van der Waals surface area contributed by atoms with Gasteiger partial charge >= 0.3 is 5.97 Å². The molecular weight excluding hydrogens is 504 g/mol. The Labute approximate surface area is 226 Å². The molecule has 0 radical (unpaired) electrons. The lowest BCUT2D eigenvalue weighted by Crippen LogP contribution is -2.13. The van der Waals surface area contributed by atoms with E-state index in [0.717, 1.165) is 11.1 Å². The number of benzene rings is 3. The summed E-state index contributed by atoms with van der Waals surface area (Å²) in [6.45, 7) is 6.39. The summed E-state index contributed by atoms with van der Waals surface area (Å²) < 4.78 is 16.7. The summed E-state index contributed by atoms with van der Waals surface area (Å²) >= 11 is 5.98. The van der Waals surface area contributed by atoms with E-state index >= 15 is 0 Å². The zero-order valence-corrected chi connectivity index (χ0v) is 21.9. The molecule has 8 heteroatoms. The minimum absolute atomic E-state index is 0.108. The summed E-state index contributed by atoms with van der Waals surface area (Å²) in [6, 6.07) is 19.0. The Morgan fingerprint density at radius 2 is 1.79 bits per heavy atom. The molecule has 0 aliphatic carbocycles. The predicted molar refractivity (Wildman–Crippen MR) is 147 cm³/mol. The highest BCUT2D eigenvalue weighted by Gasteiger charge is 2.16. The number of ether oxygens (including phenoxy) is 3. The van der Waals surface area contributed by atoms with Crippen molar-refractivity contribution in [2.75, 3.05) is 19.0 Å². The van der Waals surface area contributed by atoms with E-state index in [0.29, 0.717) is 53.0 Å². The second-order valence-corrected chi connectivity index (χ2v) is 8.48. The third-order valence-corrected chi connectivity index (χ3v) is 5.61. The Morgan fingerprint density at radius 1 is 1.08 bits per heavy atom. The van der Waals surface area contributed by atoms with E-state index in [2.05, 4.69) is 16.6 Å². The number of methoxy groups -OCH3 is 1. The molecule has 0 bridgehead atoms. The van der Waals surface area contributed by atoms with Crippen molar-refractivity contribution in [1.29, 1.82) is 5.26 Å². The van der Waals surface area contributed by atoms with Crippen molar-refractivity contribution in [3.05, 3.63) is 106 Å². The molecule has 0 spiro atoms. The molecule has 0 aromatic heterocycles. The van der Waals surface area contributed by atoms with Gasteiger partial charge in [-0.05, 0) is 79.1 Å². The first-order valence-corrected chi connectivity index (χ1v) is 12.2. The number of hydrogen-bond acceptors (Lipinski definition) is 6. The van der Waals surface area contributed by atoms with Crippen LogP contribution in [0.15, 0.2) is 78.9 Å². The summed E-state index contributed by atoms with van der Waals surface area (Å²) in [7, 11) is 1.29. The van der Waals surface area contributed by atoms with Crippen LogP contribution in [0.25, 0.3) is 6.08 Å². The molecule has 3 aromatic rings. The van der Waals surface area contributed by atoms with E-state index < -0.39 is 11.9 Å². The van der Waals surface area contributed by atoms with Crippen LogP contribution in [0.4, 0.5) is 5.69 Å². The fourth-order valence-corrected chi connectivity index (χ4v) is 3.68. The first-order chi connectivity index (χ1) is 18.4. The molecule has 194 valence electrons. The van der Waals surface area contributed by atoms with Gasteiger partial charge in [0.2, 0.25) is 0 Å². The number of nitrogens with zero attached hydrogens (tertiary/aromatic N) is 1.